The van der Waals surface area contributed by atoms with Crippen LogP contribution in [-0.2, 0) is 11.3 Å². The van der Waals surface area contributed by atoms with Gasteiger partial charge >= 0.3 is 0 Å². The molecule has 0 aliphatic rings. The Bertz CT molecular complexity index is 371. The fraction of sp³-hybridized carbons (Fsp3) is 0.417. The second-order valence-corrected chi connectivity index (χ2v) is 4.90. The number of hydrogen-bond donors (Lipinski definition) is 2. The molecule has 4 nitrogen and oxygen atoms in total. The van der Waals surface area contributed by atoms with Gasteiger partial charge in [0, 0.05) is 24.5 Å². The molecule has 4 N–H and O–H groups in total. The first-order chi connectivity index (χ1) is 8.11. The van der Waals surface area contributed by atoms with Gasteiger partial charge in [-0.3, -0.25) is 9.69 Å². The molecule has 0 spiro atoms. The van der Waals surface area contributed by atoms with E-state index < -0.39 is 0 Å². The second kappa shape index (κ2) is 7.19. The van der Waals surface area contributed by atoms with E-state index in [9.17, 15) is 4.79 Å². The van der Waals surface area contributed by atoms with E-state index in [1.54, 1.807) is 11.8 Å². The molecule has 0 aliphatic heterocycles. The smallest absolute Gasteiger partial charge is 0.231 e. The number of hydrogen-bond acceptors (Lipinski definition) is 4. The molecule has 0 aliphatic carbocycles. The maximum Gasteiger partial charge on any atom is 0.231 e. The molecule has 0 fully saturated rings. The van der Waals surface area contributed by atoms with E-state index in [0.717, 1.165) is 23.5 Å². The second-order valence-electron chi connectivity index (χ2n) is 3.91. The lowest BCUT2D eigenvalue weighted by Crippen LogP contribution is -2.34. The number of carbonyl (C=O) groups excluding carboxylic acids is 1. The van der Waals surface area contributed by atoms with Crippen molar-refractivity contribution in [2.75, 3.05) is 30.8 Å². The summed E-state index contributed by atoms with van der Waals surface area (Å²) in [6.07, 6.45) is 2.04. The molecular weight excluding hydrogens is 234 g/mol. The predicted octanol–water partition coefficient (Wildman–Crippen LogP) is 0.919. The third-order valence-electron chi connectivity index (χ3n) is 2.35. The maximum absolute atomic E-state index is 11.0. The van der Waals surface area contributed by atoms with Crippen LogP contribution in [0.4, 0.5) is 5.69 Å². The standard InChI is InChI=1S/C12H19N3OS/c1-17-6-5-15(9-12(14)16)8-10-3-2-4-11(13)7-10/h2-4,7H,5-6,8-9,13H2,1H3,(H2,14,16). The lowest BCUT2D eigenvalue weighted by molar-refractivity contribution is -0.119. The zero-order chi connectivity index (χ0) is 12.7. The first-order valence-electron chi connectivity index (χ1n) is 5.46. The number of nitrogen functional groups attached to an aromatic ring is 1. The molecule has 1 amide bonds. The third-order valence-corrected chi connectivity index (χ3v) is 2.94. The Hall–Kier alpha value is -1.20. The highest BCUT2D eigenvalue weighted by Crippen LogP contribution is 2.10. The Morgan fingerprint density at radius 2 is 2.24 bits per heavy atom. The van der Waals surface area contributed by atoms with Crippen molar-refractivity contribution < 1.29 is 4.79 Å². The van der Waals surface area contributed by atoms with Crippen molar-refractivity contribution >= 4 is 23.4 Å². The number of benzene rings is 1. The summed E-state index contributed by atoms with van der Waals surface area (Å²) in [6, 6.07) is 7.70. The average Bonchev–Trinajstić information content (AvgIpc) is 2.25. The van der Waals surface area contributed by atoms with Crippen molar-refractivity contribution in [1.29, 1.82) is 0 Å². The van der Waals surface area contributed by atoms with Gasteiger partial charge in [0.2, 0.25) is 5.91 Å². The molecule has 0 unspecified atom stereocenters. The Kier molecular flexibility index (Phi) is 5.86. The van der Waals surface area contributed by atoms with Crippen molar-refractivity contribution in [3.63, 3.8) is 0 Å². The average molecular weight is 253 g/mol. The van der Waals surface area contributed by atoms with Gasteiger partial charge in [0.25, 0.3) is 0 Å². The van der Waals surface area contributed by atoms with Crippen LogP contribution in [0.15, 0.2) is 24.3 Å². The van der Waals surface area contributed by atoms with Crippen LogP contribution in [0.25, 0.3) is 0 Å². The molecule has 5 heteroatoms. The highest BCUT2D eigenvalue weighted by Gasteiger charge is 2.08. The minimum atomic E-state index is -0.296. The minimum Gasteiger partial charge on any atom is -0.399 e. The highest BCUT2D eigenvalue weighted by molar-refractivity contribution is 7.98. The molecular formula is C12H19N3OS. The monoisotopic (exact) mass is 253 g/mol. The molecule has 94 valence electrons. The van der Waals surface area contributed by atoms with Crippen LogP contribution < -0.4 is 11.5 Å². The van der Waals surface area contributed by atoms with Gasteiger partial charge in [-0.25, -0.2) is 0 Å². The molecule has 0 saturated heterocycles. The summed E-state index contributed by atoms with van der Waals surface area (Å²) in [6.45, 7) is 1.84. The van der Waals surface area contributed by atoms with Crippen molar-refractivity contribution in [2.45, 2.75) is 6.54 Å². The number of primary amides is 1. The van der Waals surface area contributed by atoms with E-state index in [4.69, 9.17) is 11.5 Å². The lowest BCUT2D eigenvalue weighted by Gasteiger charge is -2.20. The number of thioether (sulfide) groups is 1. The molecule has 1 rings (SSSR count). The van der Waals surface area contributed by atoms with Crippen LogP contribution in [0.2, 0.25) is 0 Å². The van der Waals surface area contributed by atoms with E-state index in [-0.39, 0.29) is 12.5 Å². The largest absolute Gasteiger partial charge is 0.399 e. The predicted molar refractivity (Wildman–Crippen MR) is 73.7 cm³/mol. The number of amides is 1. The highest BCUT2D eigenvalue weighted by atomic mass is 32.2. The SMILES string of the molecule is CSCCN(CC(N)=O)Cc1cccc(N)c1. The topological polar surface area (TPSA) is 72.3 Å². The molecule has 1 aromatic rings. The van der Waals surface area contributed by atoms with Crippen LogP contribution >= 0.6 is 11.8 Å². The summed E-state index contributed by atoms with van der Waals surface area (Å²) >= 11 is 1.75. The minimum absolute atomic E-state index is 0.287. The van der Waals surface area contributed by atoms with Gasteiger partial charge in [0.1, 0.15) is 0 Å². The van der Waals surface area contributed by atoms with E-state index in [0.29, 0.717) is 6.54 Å². The number of nitrogens with zero attached hydrogens (tertiary/aromatic N) is 1. The number of anilines is 1. The van der Waals surface area contributed by atoms with E-state index in [1.807, 2.05) is 35.4 Å². The van der Waals surface area contributed by atoms with Gasteiger partial charge in [-0.2, -0.15) is 11.8 Å². The summed E-state index contributed by atoms with van der Waals surface area (Å²) in [4.78, 5) is 13.0. The van der Waals surface area contributed by atoms with Crippen molar-refractivity contribution in [1.82, 2.24) is 4.90 Å². The molecule has 1 aromatic carbocycles. The van der Waals surface area contributed by atoms with E-state index in [2.05, 4.69) is 0 Å². The zero-order valence-electron chi connectivity index (χ0n) is 10.1. The third kappa shape index (κ3) is 5.60. The molecule has 0 aromatic heterocycles. The van der Waals surface area contributed by atoms with Crippen molar-refractivity contribution in [2.24, 2.45) is 5.73 Å². The van der Waals surface area contributed by atoms with Crippen LogP contribution in [0.1, 0.15) is 5.56 Å². The van der Waals surface area contributed by atoms with Crippen molar-refractivity contribution in [3.05, 3.63) is 29.8 Å². The maximum atomic E-state index is 11.0. The lowest BCUT2D eigenvalue weighted by atomic mass is 10.2. The fourth-order valence-corrected chi connectivity index (χ4v) is 2.05. The summed E-state index contributed by atoms with van der Waals surface area (Å²) in [5.74, 6) is 0.685. The van der Waals surface area contributed by atoms with E-state index in [1.165, 1.54) is 0 Å². The van der Waals surface area contributed by atoms with Crippen LogP contribution in [0.5, 0.6) is 0 Å². The summed E-state index contributed by atoms with van der Waals surface area (Å²) in [7, 11) is 0. The molecule has 17 heavy (non-hydrogen) atoms. The van der Waals surface area contributed by atoms with Gasteiger partial charge in [-0.15, -0.1) is 0 Å². The van der Waals surface area contributed by atoms with Gasteiger partial charge < -0.3 is 11.5 Å². The Labute approximate surface area is 106 Å². The number of rotatable bonds is 7. The molecule has 0 saturated carbocycles. The van der Waals surface area contributed by atoms with Crippen molar-refractivity contribution in [3.8, 4) is 0 Å². The Morgan fingerprint density at radius 1 is 1.47 bits per heavy atom. The summed E-state index contributed by atoms with van der Waals surface area (Å²) in [5.41, 5.74) is 12.8. The Morgan fingerprint density at radius 3 is 2.82 bits per heavy atom. The quantitative estimate of drug-likeness (QED) is 0.709. The van der Waals surface area contributed by atoms with Gasteiger partial charge in [-0.05, 0) is 24.0 Å². The molecule has 0 heterocycles. The first-order valence-corrected chi connectivity index (χ1v) is 6.85. The molecule has 0 atom stereocenters. The molecule has 0 bridgehead atoms. The fourth-order valence-electron chi connectivity index (χ4n) is 1.60. The van der Waals surface area contributed by atoms with Crippen LogP contribution in [-0.4, -0.2) is 35.9 Å². The number of carbonyl (C=O) groups is 1. The van der Waals surface area contributed by atoms with E-state index >= 15 is 0 Å². The van der Waals surface area contributed by atoms with Gasteiger partial charge in [0.05, 0.1) is 6.54 Å². The molecule has 0 radical (unpaired) electrons. The van der Waals surface area contributed by atoms with Gasteiger partial charge in [0.15, 0.2) is 0 Å². The van der Waals surface area contributed by atoms with Gasteiger partial charge in [-0.1, -0.05) is 12.1 Å². The normalized spacial score (nSPS) is 10.7. The first kappa shape index (κ1) is 13.9. The van der Waals surface area contributed by atoms with Crippen LogP contribution in [0.3, 0.4) is 0 Å². The Balaban J connectivity index is 2.61. The summed E-state index contributed by atoms with van der Waals surface area (Å²) < 4.78 is 0. The zero-order valence-corrected chi connectivity index (χ0v) is 10.9. The number of nitrogens with two attached hydrogens (primary N) is 2. The van der Waals surface area contributed by atoms with Crippen LogP contribution in [0, 0.1) is 0 Å². The summed E-state index contributed by atoms with van der Waals surface area (Å²) in [5, 5.41) is 0.